The van der Waals surface area contributed by atoms with Gasteiger partial charge in [0.2, 0.25) is 0 Å². The van der Waals surface area contributed by atoms with Gasteiger partial charge >= 0.3 is 5.97 Å². The molecule has 0 bridgehead atoms. The molecule has 4 heteroatoms. The van der Waals surface area contributed by atoms with Crippen molar-refractivity contribution < 1.29 is 19.4 Å². The van der Waals surface area contributed by atoms with E-state index in [0.717, 1.165) is 0 Å². The van der Waals surface area contributed by atoms with E-state index in [1.54, 1.807) is 27.7 Å². The summed E-state index contributed by atoms with van der Waals surface area (Å²) in [6.07, 6.45) is -0.993. The van der Waals surface area contributed by atoms with Crippen LogP contribution in [0.3, 0.4) is 0 Å². The van der Waals surface area contributed by atoms with Gasteiger partial charge in [-0.05, 0) is 26.7 Å². The summed E-state index contributed by atoms with van der Waals surface area (Å²) in [6.45, 7) is 10.6. The number of carbonyl (C=O) groups is 2. The van der Waals surface area contributed by atoms with E-state index in [9.17, 15) is 14.7 Å². The van der Waals surface area contributed by atoms with E-state index < -0.39 is 23.6 Å². The summed E-state index contributed by atoms with van der Waals surface area (Å²) in [6, 6.07) is 0. The second-order valence-corrected chi connectivity index (χ2v) is 5.75. The molecule has 0 aliphatic heterocycles. The normalized spacial score (nSPS) is 15.5. The lowest BCUT2D eigenvalue weighted by molar-refractivity contribution is -0.157. The fraction of sp³-hybridized carbons (Fsp3) is 0.846. The number of ketones is 1. The van der Waals surface area contributed by atoms with Gasteiger partial charge in [0.1, 0.15) is 17.8 Å². The molecule has 0 heterocycles. The molecule has 17 heavy (non-hydrogen) atoms. The molecule has 1 N–H and O–H groups in total. The smallest absolute Gasteiger partial charge is 0.313 e. The Labute approximate surface area is 103 Å². The molecule has 0 fully saturated rings. The summed E-state index contributed by atoms with van der Waals surface area (Å²) < 4.78 is 5.06. The lowest BCUT2D eigenvalue weighted by atomic mass is 9.90. The third-order valence-electron chi connectivity index (χ3n) is 2.44. The van der Waals surface area contributed by atoms with E-state index in [4.69, 9.17) is 4.74 Å². The van der Waals surface area contributed by atoms with Crippen LogP contribution in [-0.4, -0.2) is 28.6 Å². The first-order valence-electron chi connectivity index (χ1n) is 5.97. The first-order chi connectivity index (χ1) is 7.54. The minimum Gasteiger partial charge on any atom is -0.460 e. The zero-order valence-corrected chi connectivity index (χ0v) is 11.6. The Hall–Kier alpha value is -0.900. The second-order valence-electron chi connectivity index (χ2n) is 5.75. The Morgan fingerprint density at radius 2 is 1.65 bits per heavy atom. The van der Waals surface area contributed by atoms with Crippen LogP contribution in [0.4, 0.5) is 0 Å². The maximum atomic E-state index is 11.7. The molecule has 2 atom stereocenters. The Bertz CT molecular complexity index is 276. The molecular weight excluding hydrogens is 220 g/mol. The number of Topliss-reactive ketones (excluding diaryl/α,β-unsaturated/α-hetero) is 1. The van der Waals surface area contributed by atoms with E-state index in [2.05, 4.69) is 0 Å². The van der Waals surface area contributed by atoms with Crippen LogP contribution in [0.15, 0.2) is 0 Å². The van der Waals surface area contributed by atoms with Gasteiger partial charge in [-0.3, -0.25) is 9.59 Å². The molecule has 0 saturated heterocycles. The number of hydrogen-bond acceptors (Lipinski definition) is 4. The number of hydrogen-bond donors (Lipinski definition) is 1. The number of esters is 1. The van der Waals surface area contributed by atoms with Crippen molar-refractivity contribution in [2.45, 2.75) is 59.7 Å². The maximum Gasteiger partial charge on any atom is 0.313 e. The lowest BCUT2D eigenvalue weighted by Gasteiger charge is -2.22. The van der Waals surface area contributed by atoms with Crippen molar-refractivity contribution in [3.63, 3.8) is 0 Å². The Balaban J connectivity index is 4.31. The van der Waals surface area contributed by atoms with E-state index in [1.165, 1.54) is 0 Å². The number of ether oxygens (including phenoxy) is 1. The van der Waals surface area contributed by atoms with Crippen molar-refractivity contribution in [3.8, 4) is 0 Å². The lowest BCUT2D eigenvalue weighted by Crippen LogP contribution is -2.33. The second kappa shape index (κ2) is 6.15. The molecule has 100 valence electrons. The quantitative estimate of drug-likeness (QED) is 0.593. The van der Waals surface area contributed by atoms with Crippen LogP contribution in [0.5, 0.6) is 0 Å². The van der Waals surface area contributed by atoms with Crippen LogP contribution in [0, 0.1) is 11.8 Å². The summed E-state index contributed by atoms with van der Waals surface area (Å²) in [5, 5.41) is 9.74. The number of carbonyl (C=O) groups excluding carboxylic acids is 2. The fourth-order valence-electron chi connectivity index (χ4n) is 1.45. The maximum absolute atomic E-state index is 11.7. The van der Waals surface area contributed by atoms with Crippen molar-refractivity contribution in [3.05, 3.63) is 0 Å². The number of aliphatic hydroxyl groups excluding tert-OH is 1. The van der Waals surface area contributed by atoms with Gasteiger partial charge in [0.25, 0.3) is 0 Å². The Morgan fingerprint density at radius 1 is 1.18 bits per heavy atom. The third kappa shape index (κ3) is 6.41. The average molecular weight is 244 g/mol. The first kappa shape index (κ1) is 16.1. The molecular formula is C13H24O4. The van der Waals surface area contributed by atoms with Gasteiger partial charge in [-0.1, -0.05) is 20.8 Å². The number of rotatable bonds is 5. The molecule has 0 amide bonds. The fourth-order valence-corrected chi connectivity index (χ4v) is 1.45. The molecule has 0 saturated carbocycles. The Morgan fingerprint density at radius 3 is 2.00 bits per heavy atom. The molecule has 0 aliphatic carbocycles. The van der Waals surface area contributed by atoms with Crippen molar-refractivity contribution in [2.75, 3.05) is 0 Å². The van der Waals surface area contributed by atoms with Gasteiger partial charge in [0.15, 0.2) is 0 Å². The molecule has 0 radical (unpaired) electrons. The highest BCUT2D eigenvalue weighted by molar-refractivity contribution is 5.97. The van der Waals surface area contributed by atoms with Crippen molar-refractivity contribution in [1.82, 2.24) is 0 Å². The molecule has 2 unspecified atom stereocenters. The van der Waals surface area contributed by atoms with Crippen LogP contribution in [0.2, 0.25) is 0 Å². The standard InChI is InChI=1S/C13H24O4/c1-8(2)12(16)9(3)10(14)7-11(15)17-13(4,5)6/h8-9,12,16H,7H2,1-6H3. The highest BCUT2D eigenvalue weighted by atomic mass is 16.6. The SMILES string of the molecule is CC(C)C(O)C(C)C(=O)CC(=O)OC(C)(C)C. The van der Waals surface area contributed by atoms with Crippen LogP contribution < -0.4 is 0 Å². The molecule has 0 aromatic carbocycles. The van der Waals surface area contributed by atoms with Gasteiger partial charge in [-0.15, -0.1) is 0 Å². The van der Waals surface area contributed by atoms with Crippen molar-refractivity contribution in [2.24, 2.45) is 11.8 Å². The minimum atomic E-state index is -0.718. The van der Waals surface area contributed by atoms with Gasteiger partial charge in [-0.2, -0.15) is 0 Å². The summed E-state index contributed by atoms with van der Waals surface area (Å²) in [4.78, 5) is 23.2. The topological polar surface area (TPSA) is 63.6 Å². The van der Waals surface area contributed by atoms with Crippen LogP contribution in [-0.2, 0) is 14.3 Å². The highest BCUT2D eigenvalue weighted by Gasteiger charge is 2.27. The predicted molar refractivity (Wildman–Crippen MR) is 65.5 cm³/mol. The monoisotopic (exact) mass is 244 g/mol. The molecule has 0 rings (SSSR count). The Kier molecular flexibility index (Phi) is 5.82. The molecule has 0 aromatic rings. The molecule has 4 nitrogen and oxygen atoms in total. The van der Waals surface area contributed by atoms with Gasteiger partial charge < -0.3 is 9.84 Å². The summed E-state index contributed by atoms with van der Waals surface area (Å²) >= 11 is 0. The minimum absolute atomic E-state index is 0.00686. The highest BCUT2D eigenvalue weighted by Crippen LogP contribution is 2.16. The first-order valence-corrected chi connectivity index (χ1v) is 5.97. The number of aliphatic hydroxyl groups is 1. The predicted octanol–water partition coefficient (Wildman–Crippen LogP) is 1.94. The van der Waals surface area contributed by atoms with Gasteiger partial charge in [0, 0.05) is 5.92 Å². The van der Waals surface area contributed by atoms with Crippen LogP contribution in [0.1, 0.15) is 48.0 Å². The summed E-state index contributed by atoms with van der Waals surface area (Å²) in [5.41, 5.74) is -0.586. The van der Waals surface area contributed by atoms with Crippen LogP contribution in [0.25, 0.3) is 0 Å². The van der Waals surface area contributed by atoms with Crippen LogP contribution >= 0.6 is 0 Å². The van der Waals surface area contributed by atoms with E-state index in [-0.39, 0.29) is 18.1 Å². The van der Waals surface area contributed by atoms with Crippen molar-refractivity contribution >= 4 is 11.8 Å². The van der Waals surface area contributed by atoms with E-state index in [1.807, 2.05) is 13.8 Å². The summed E-state index contributed by atoms with van der Waals surface area (Å²) in [5.74, 6) is -1.36. The summed E-state index contributed by atoms with van der Waals surface area (Å²) in [7, 11) is 0. The third-order valence-corrected chi connectivity index (χ3v) is 2.44. The zero-order chi connectivity index (χ0) is 13.8. The molecule has 0 aliphatic rings. The van der Waals surface area contributed by atoms with Crippen molar-refractivity contribution in [1.29, 1.82) is 0 Å². The molecule has 0 aromatic heterocycles. The zero-order valence-electron chi connectivity index (χ0n) is 11.6. The van der Waals surface area contributed by atoms with Gasteiger partial charge in [0.05, 0.1) is 6.10 Å². The van der Waals surface area contributed by atoms with E-state index >= 15 is 0 Å². The average Bonchev–Trinajstić information content (AvgIpc) is 2.11. The molecule has 0 spiro atoms. The van der Waals surface area contributed by atoms with E-state index in [0.29, 0.717) is 0 Å². The largest absolute Gasteiger partial charge is 0.460 e. The van der Waals surface area contributed by atoms with Gasteiger partial charge in [-0.25, -0.2) is 0 Å².